The van der Waals surface area contributed by atoms with Gasteiger partial charge in [0.15, 0.2) is 5.13 Å². The Morgan fingerprint density at radius 3 is 2.76 bits per heavy atom. The van der Waals surface area contributed by atoms with E-state index in [1.54, 1.807) is 29.4 Å². The molecule has 0 N–H and O–H groups in total. The van der Waals surface area contributed by atoms with Crippen LogP contribution in [0.5, 0.6) is 0 Å². The van der Waals surface area contributed by atoms with Crippen LogP contribution >= 0.6 is 11.3 Å². The van der Waals surface area contributed by atoms with Crippen LogP contribution in [0.4, 0.5) is 5.13 Å². The second-order valence-electron chi connectivity index (χ2n) is 5.24. The van der Waals surface area contributed by atoms with Gasteiger partial charge in [0.1, 0.15) is 0 Å². The van der Waals surface area contributed by atoms with E-state index in [4.69, 9.17) is 0 Å². The molecule has 3 aromatic rings. The molecule has 0 unspecified atom stereocenters. The second-order valence-corrected chi connectivity index (χ2v) is 6.08. The predicted molar refractivity (Wildman–Crippen MR) is 103 cm³/mol. The second kappa shape index (κ2) is 8.17. The van der Waals surface area contributed by atoms with Gasteiger partial charge in [0.05, 0.1) is 5.69 Å². The number of rotatable bonds is 6. The number of anilines is 1. The number of aromatic nitrogens is 2. The fraction of sp³-hybridized carbons (Fsp3) is 0.0500. The Bertz CT molecular complexity index is 872. The molecule has 124 valence electrons. The van der Waals surface area contributed by atoms with Crippen LogP contribution in [0.2, 0.25) is 0 Å². The maximum Gasteiger partial charge on any atom is 0.253 e. The summed E-state index contributed by atoms with van der Waals surface area (Å²) >= 11 is 1.44. The summed E-state index contributed by atoms with van der Waals surface area (Å²) in [5.74, 6) is -0.141. The van der Waals surface area contributed by atoms with Gasteiger partial charge < -0.3 is 0 Å². The van der Waals surface area contributed by atoms with Crippen LogP contribution in [0.25, 0.3) is 17.3 Å². The summed E-state index contributed by atoms with van der Waals surface area (Å²) in [5.41, 5.74) is 2.76. The zero-order valence-electron chi connectivity index (χ0n) is 13.6. The number of benzene rings is 1. The quantitative estimate of drug-likeness (QED) is 0.489. The Hall–Kier alpha value is -3.05. The molecular formula is C20H17N3OS. The van der Waals surface area contributed by atoms with Crippen molar-refractivity contribution in [3.63, 3.8) is 0 Å². The fourth-order valence-electron chi connectivity index (χ4n) is 2.25. The van der Waals surface area contributed by atoms with Crippen molar-refractivity contribution >= 4 is 28.5 Å². The first-order chi connectivity index (χ1) is 12.3. The molecule has 4 nitrogen and oxygen atoms in total. The Morgan fingerprint density at radius 2 is 2.04 bits per heavy atom. The molecule has 0 spiro atoms. The standard InChI is InChI=1S/C20H17N3OS/c1-2-13-23(19(24)11-10-16-7-6-12-21-14-16)20-22-18(15-25-20)17-8-4-3-5-9-17/h2-12,14-15H,1,13H2. The normalized spacial score (nSPS) is 10.7. The van der Waals surface area contributed by atoms with Crippen LogP contribution in [0, 0.1) is 0 Å². The van der Waals surface area contributed by atoms with Crippen molar-refractivity contribution in [1.82, 2.24) is 9.97 Å². The lowest BCUT2D eigenvalue weighted by molar-refractivity contribution is -0.114. The first kappa shape index (κ1) is 16.8. The van der Waals surface area contributed by atoms with E-state index in [0.29, 0.717) is 11.7 Å². The van der Waals surface area contributed by atoms with Crippen molar-refractivity contribution < 1.29 is 4.79 Å². The third kappa shape index (κ3) is 4.28. The molecule has 25 heavy (non-hydrogen) atoms. The topological polar surface area (TPSA) is 46.1 Å². The van der Waals surface area contributed by atoms with E-state index in [2.05, 4.69) is 16.5 Å². The molecule has 0 aliphatic carbocycles. The summed E-state index contributed by atoms with van der Waals surface area (Å²) in [7, 11) is 0. The summed E-state index contributed by atoms with van der Waals surface area (Å²) in [4.78, 5) is 22.8. The third-order valence-electron chi connectivity index (χ3n) is 3.47. The molecule has 0 atom stereocenters. The predicted octanol–water partition coefficient (Wildman–Crippen LogP) is 4.44. The number of hydrogen-bond acceptors (Lipinski definition) is 4. The number of thiazole rings is 1. The average Bonchev–Trinajstić information content (AvgIpc) is 3.15. The van der Waals surface area contributed by atoms with E-state index in [9.17, 15) is 4.79 Å². The van der Waals surface area contributed by atoms with Crippen LogP contribution in [-0.2, 0) is 4.79 Å². The average molecular weight is 347 g/mol. The molecule has 5 heteroatoms. The molecule has 0 fully saturated rings. The molecule has 0 saturated heterocycles. The smallest absolute Gasteiger partial charge is 0.253 e. The van der Waals surface area contributed by atoms with Gasteiger partial charge in [0.25, 0.3) is 5.91 Å². The van der Waals surface area contributed by atoms with E-state index in [-0.39, 0.29) is 5.91 Å². The van der Waals surface area contributed by atoms with Gasteiger partial charge in [-0.2, -0.15) is 0 Å². The van der Waals surface area contributed by atoms with E-state index >= 15 is 0 Å². The first-order valence-electron chi connectivity index (χ1n) is 7.79. The zero-order chi connectivity index (χ0) is 17.5. The monoisotopic (exact) mass is 347 g/mol. The summed E-state index contributed by atoms with van der Waals surface area (Å²) < 4.78 is 0. The largest absolute Gasteiger partial charge is 0.281 e. The zero-order valence-corrected chi connectivity index (χ0v) is 14.4. The summed E-state index contributed by atoms with van der Waals surface area (Å²) in [6.07, 6.45) is 8.38. The maximum atomic E-state index is 12.6. The van der Waals surface area contributed by atoms with Gasteiger partial charge in [0, 0.05) is 36.0 Å². The van der Waals surface area contributed by atoms with Gasteiger partial charge in [-0.3, -0.25) is 14.7 Å². The van der Waals surface area contributed by atoms with Crippen molar-refractivity contribution in [1.29, 1.82) is 0 Å². The minimum Gasteiger partial charge on any atom is -0.281 e. The maximum absolute atomic E-state index is 12.6. The van der Waals surface area contributed by atoms with Crippen LogP contribution in [0.1, 0.15) is 5.56 Å². The number of nitrogens with zero attached hydrogens (tertiary/aromatic N) is 3. The van der Waals surface area contributed by atoms with Crippen LogP contribution < -0.4 is 4.90 Å². The minimum atomic E-state index is -0.141. The molecular weight excluding hydrogens is 330 g/mol. The Labute approximate surface area is 150 Å². The molecule has 1 amide bonds. The molecule has 2 aromatic heterocycles. The summed E-state index contributed by atoms with van der Waals surface area (Å²) in [6, 6.07) is 13.6. The lowest BCUT2D eigenvalue weighted by Gasteiger charge is -2.15. The molecule has 2 heterocycles. The van der Waals surface area contributed by atoms with E-state index in [0.717, 1.165) is 16.8 Å². The first-order valence-corrected chi connectivity index (χ1v) is 8.67. The van der Waals surface area contributed by atoms with Crippen LogP contribution in [-0.4, -0.2) is 22.4 Å². The highest BCUT2D eigenvalue weighted by molar-refractivity contribution is 7.14. The Balaban J connectivity index is 1.81. The molecule has 0 aliphatic heterocycles. The number of pyridine rings is 1. The molecule has 0 radical (unpaired) electrons. The lowest BCUT2D eigenvalue weighted by Crippen LogP contribution is -2.29. The van der Waals surface area contributed by atoms with E-state index in [1.165, 1.54) is 17.4 Å². The van der Waals surface area contributed by atoms with E-state index in [1.807, 2.05) is 47.8 Å². The Kier molecular flexibility index (Phi) is 5.49. The van der Waals surface area contributed by atoms with Crippen molar-refractivity contribution in [3.8, 4) is 11.3 Å². The third-order valence-corrected chi connectivity index (χ3v) is 4.34. The molecule has 0 aliphatic rings. The van der Waals surface area contributed by atoms with Gasteiger partial charge in [-0.1, -0.05) is 42.5 Å². The van der Waals surface area contributed by atoms with Crippen molar-refractivity contribution in [2.75, 3.05) is 11.4 Å². The van der Waals surface area contributed by atoms with Crippen molar-refractivity contribution in [2.24, 2.45) is 0 Å². The highest BCUT2D eigenvalue weighted by Crippen LogP contribution is 2.27. The fourth-order valence-corrected chi connectivity index (χ4v) is 3.10. The van der Waals surface area contributed by atoms with Crippen LogP contribution in [0.15, 0.2) is 79.0 Å². The van der Waals surface area contributed by atoms with Crippen molar-refractivity contribution in [2.45, 2.75) is 0 Å². The SMILES string of the molecule is C=CCN(C(=O)C=Cc1cccnc1)c1nc(-c2ccccc2)cs1. The minimum absolute atomic E-state index is 0.141. The molecule has 0 saturated carbocycles. The lowest BCUT2D eigenvalue weighted by atomic mass is 10.2. The molecule has 1 aromatic carbocycles. The number of amides is 1. The Morgan fingerprint density at radius 1 is 1.20 bits per heavy atom. The highest BCUT2D eigenvalue weighted by Gasteiger charge is 2.16. The number of carbonyl (C=O) groups is 1. The summed E-state index contributed by atoms with van der Waals surface area (Å²) in [6.45, 7) is 4.14. The molecule has 3 rings (SSSR count). The van der Waals surface area contributed by atoms with Gasteiger partial charge in [-0.25, -0.2) is 4.98 Å². The number of carbonyl (C=O) groups excluding carboxylic acids is 1. The van der Waals surface area contributed by atoms with Gasteiger partial charge in [0.2, 0.25) is 0 Å². The van der Waals surface area contributed by atoms with Gasteiger partial charge in [-0.15, -0.1) is 17.9 Å². The highest BCUT2D eigenvalue weighted by atomic mass is 32.1. The van der Waals surface area contributed by atoms with Crippen LogP contribution in [0.3, 0.4) is 0 Å². The molecule has 0 bridgehead atoms. The van der Waals surface area contributed by atoms with Crippen molar-refractivity contribution in [3.05, 3.63) is 84.5 Å². The van der Waals surface area contributed by atoms with Gasteiger partial charge >= 0.3 is 0 Å². The summed E-state index contributed by atoms with van der Waals surface area (Å²) in [5, 5.41) is 2.61. The number of hydrogen-bond donors (Lipinski definition) is 0. The van der Waals surface area contributed by atoms with Gasteiger partial charge in [-0.05, 0) is 17.7 Å². The van der Waals surface area contributed by atoms with E-state index < -0.39 is 0 Å².